The van der Waals surface area contributed by atoms with Crippen molar-refractivity contribution in [3.05, 3.63) is 29.6 Å². The van der Waals surface area contributed by atoms with Gasteiger partial charge in [-0.1, -0.05) is 5.16 Å². The number of thioether (sulfide) groups is 1. The summed E-state index contributed by atoms with van der Waals surface area (Å²) in [6.07, 6.45) is 0.852. The molecule has 1 aliphatic heterocycles. The van der Waals surface area contributed by atoms with Gasteiger partial charge in [-0.25, -0.2) is 4.39 Å². The first-order valence-corrected chi connectivity index (χ1v) is 6.93. The van der Waals surface area contributed by atoms with Gasteiger partial charge >= 0.3 is 0 Å². The fraction of sp³-hybridized carbons (Fsp3) is 0.333. The molecule has 0 spiro atoms. The molecule has 0 bridgehead atoms. The normalized spacial score (nSPS) is 19.4. The molecule has 5 nitrogen and oxygen atoms in total. The van der Waals surface area contributed by atoms with Crippen molar-refractivity contribution in [3.8, 4) is 0 Å². The summed E-state index contributed by atoms with van der Waals surface area (Å²) >= 11 is 1.74. The maximum absolute atomic E-state index is 13.5. The van der Waals surface area contributed by atoms with Crippen LogP contribution >= 0.6 is 11.8 Å². The zero-order valence-electron chi connectivity index (χ0n) is 10.1. The van der Waals surface area contributed by atoms with E-state index >= 15 is 0 Å². The molecule has 1 heterocycles. The highest BCUT2D eigenvalue weighted by Crippen LogP contribution is 2.25. The zero-order chi connectivity index (χ0) is 13.8. The van der Waals surface area contributed by atoms with E-state index < -0.39 is 5.82 Å². The van der Waals surface area contributed by atoms with Gasteiger partial charge in [0.05, 0.1) is 5.56 Å². The van der Waals surface area contributed by atoms with Gasteiger partial charge in [0.25, 0.3) is 0 Å². The van der Waals surface area contributed by atoms with Crippen LogP contribution in [0.4, 0.5) is 10.1 Å². The molecular formula is C12H14FN3O2S. The van der Waals surface area contributed by atoms with Crippen LogP contribution < -0.4 is 11.1 Å². The van der Waals surface area contributed by atoms with Crippen LogP contribution in [-0.2, 0) is 4.79 Å². The minimum absolute atomic E-state index is 0.0117. The summed E-state index contributed by atoms with van der Waals surface area (Å²) in [5.74, 6) is 0.760. The molecule has 1 fully saturated rings. The van der Waals surface area contributed by atoms with Crippen LogP contribution in [0.3, 0.4) is 0 Å². The number of rotatable bonds is 3. The van der Waals surface area contributed by atoms with E-state index in [0.29, 0.717) is 5.69 Å². The molecule has 1 aromatic rings. The Hall–Kier alpha value is -1.76. The van der Waals surface area contributed by atoms with Gasteiger partial charge in [0.1, 0.15) is 5.82 Å². The summed E-state index contributed by atoms with van der Waals surface area (Å²) in [6.45, 7) is 0. The average Bonchev–Trinajstić information content (AvgIpc) is 2.94. The third-order valence-electron chi connectivity index (χ3n) is 2.92. The summed E-state index contributed by atoms with van der Waals surface area (Å²) in [5.41, 5.74) is 5.76. The van der Waals surface area contributed by atoms with E-state index in [9.17, 15) is 9.18 Å². The SMILES string of the molecule is NC(=NO)c1cc(NC(=O)C2CCSC2)ccc1F. The number of amides is 1. The van der Waals surface area contributed by atoms with E-state index in [1.54, 1.807) is 11.8 Å². The Morgan fingerprint density at radius 1 is 1.58 bits per heavy atom. The van der Waals surface area contributed by atoms with Gasteiger partial charge in [0.15, 0.2) is 5.84 Å². The second-order valence-electron chi connectivity index (χ2n) is 4.23. The van der Waals surface area contributed by atoms with Crippen LogP contribution in [0.5, 0.6) is 0 Å². The maximum atomic E-state index is 13.5. The Kier molecular flexibility index (Phi) is 4.26. The molecule has 0 aliphatic carbocycles. The van der Waals surface area contributed by atoms with E-state index in [2.05, 4.69) is 10.5 Å². The van der Waals surface area contributed by atoms with Crippen molar-refractivity contribution >= 4 is 29.2 Å². The molecule has 1 atom stereocenters. The lowest BCUT2D eigenvalue weighted by Gasteiger charge is -2.11. The van der Waals surface area contributed by atoms with E-state index in [-0.39, 0.29) is 23.2 Å². The molecule has 2 rings (SSSR count). The molecule has 4 N–H and O–H groups in total. The predicted molar refractivity (Wildman–Crippen MR) is 73.0 cm³/mol. The van der Waals surface area contributed by atoms with E-state index in [4.69, 9.17) is 10.9 Å². The van der Waals surface area contributed by atoms with Gasteiger partial charge in [0, 0.05) is 17.4 Å². The molecule has 0 aromatic heterocycles. The highest BCUT2D eigenvalue weighted by atomic mass is 32.2. The predicted octanol–water partition coefficient (Wildman–Crippen LogP) is 1.61. The van der Waals surface area contributed by atoms with Crippen molar-refractivity contribution < 1.29 is 14.4 Å². The van der Waals surface area contributed by atoms with Gasteiger partial charge < -0.3 is 16.3 Å². The summed E-state index contributed by atoms with van der Waals surface area (Å²) in [5, 5.41) is 14.0. The summed E-state index contributed by atoms with van der Waals surface area (Å²) in [7, 11) is 0. The average molecular weight is 283 g/mol. The number of amidine groups is 1. The van der Waals surface area contributed by atoms with Crippen molar-refractivity contribution in [1.82, 2.24) is 0 Å². The quantitative estimate of drug-likeness (QED) is 0.340. The number of nitrogens with zero attached hydrogens (tertiary/aromatic N) is 1. The lowest BCUT2D eigenvalue weighted by Crippen LogP contribution is -2.23. The number of hydrogen-bond donors (Lipinski definition) is 3. The van der Waals surface area contributed by atoms with Crippen molar-refractivity contribution in [3.63, 3.8) is 0 Å². The van der Waals surface area contributed by atoms with Crippen molar-refractivity contribution in [2.24, 2.45) is 16.8 Å². The number of benzene rings is 1. The molecule has 1 aromatic carbocycles. The molecule has 1 saturated heterocycles. The second kappa shape index (κ2) is 5.92. The van der Waals surface area contributed by atoms with Crippen LogP contribution in [-0.4, -0.2) is 28.5 Å². The number of oxime groups is 1. The first kappa shape index (κ1) is 13.7. The summed E-state index contributed by atoms with van der Waals surface area (Å²) in [6, 6.07) is 3.97. The summed E-state index contributed by atoms with van der Waals surface area (Å²) < 4.78 is 13.5. The Morgan fingerprint density at radius 2 is 2.37 bits per heavy atom. The third-order valence-corrected chi connectivity index (χ3v) is 4.08. The molecule has 0 saturated carbocycles. The highest BCUT2D eigenvalue weighted by Gasteiger charge is 2.23. The first-order valence-electron chi connectivity index (χ1n) is 5.78. The number of anilines is 1. The van der Waals surface area contributed by atoms with Crippen LogP contribution in [0, 0.1) is 11.7 Å². The molecule has 1 amide bonds. The van der Waals surface area contributed by atoms with Gasteiger partial charge in [-0.05, 0) is 30.4 Å². The number of carbonyl (C=O) groups excluding carboxylic acids is 1. The topological polar surface area (TPSA) is 87.7 Å². The molecule has 0 radical (unpaired) electrons. The number of halogens is 1. The third kappa shape index (κ3) is 3.17. The monoisotopic (exact) mass is 283 g/mol. The van der Waals surface area contributed by atoms with Gasteiger partial charge in [-0.3, -0.25) is 4.79 Å². The molecule has 1 unspecified atom stereocenters. The minimum atomic E-state index is -0.607. The number of nitrogens with two attached hydrogens (primary N) is 1. The highest BCUT2D eigenvalue weighted by molar-refractivity contribution is 7.99. The lowest BCUT2D eigenvalue weighted by molar-refractivity contribution is -0.119. The van der Waals surface area contributed by atoms with Crippen LogP contribution in [0.2, 0.25) is 0 Å². The van der Waals surface area contributed by atoms with Crippen molar-refractivity contribution in [2.75, 3.05) is 16.8 Å². The Morgan fingerprint density at radius 3 is 3.00 bits per heavy atom. The van der Waals surface area contributed by atoms with E-state index in [1.807, 2.05) is 0 Å². The van der Waals surface area contributed by atoms with E-state index in [0.717, 1.165) is 17.9 Å². The lowest BCUT2D eigenvalue weighted by atomic mass is 10.1. The molecule has 7 heteroatoms. The van der Waals surface area contributed by atoms with Gasteiger partial charge in [0.2, 0.25) is 5.91 Å². The standard InChI is InChI=1S/C12H14FN3O2S/c13-10-2-1-8(5-9(10)11(14)16-18)15-12(17)7-3-4-19-6-7/h1-2,5,7,18H,3-4,6H2,(H2,14,16)(H,15,17). The van der Waals surface area contributed by atoms with Crippen molar-refractivity contribution in [1.29, 1.82) is 0 Å². The Balaban J connectivity index is 2.14. The fourth-order valence-corrected chi connectivity index (χ4v) is 3.06. The number of hydrogen-bond acceptors (Lipinski definition) is 4. The largest absolute Gasteiger partial charge is 0.409 e. The fourth-order valence-electron chi connectivity index (χ4n) is 1.84. The Bertz CT molecular complexity index is 516. The molecule has 1 aliphatic rings. The van der Waals surface area contributed by atoms with Gasteiger partial charge in [-0.15, -0.1) is 0 Å². The number of carbonyl (C=O) groups is 1. The zero-order valence-corrected chi connectivity index (χ0v) is 10.9. The van der Waals surface area contributed by atoms with Gasteiger partial charge in [-0.2, -0.15) is 11.8 Å². The molecule has 19 heavy (non-hydrogen) atoms. The second-order valence-corrected chi connectivity index (χ2v) is 5.38. The first-order chi connectivity index (χ1) is 9.11. The van der Waals surface area contributed by atoms with Crippen LogP contribution in [0.25, 0.3) is 0 Å². The summed E-state index contributed by atoms with van der Waals surface area (Å²) in [4.78, 5) is 11.9. The van der Waals surface area contributed by atoms with Crippen LogP contribution in [0.15, 0.2) is 23.4 Å². The minimum Gasteiger partial charge on any atom is -0.409 e. The molecular weight excluding hydrogens is 269 g/mol. The number of nitrogens with one attached hydrogen (secondary N) is 1. The van der Waals surface area contributed by atoms with Crippen LogP contribution in [0.1, 0.15) is 12.0 Å². The smallest absolute Gasteiger partial charge is 0.228 e. The molecule has 102 valence electrons. The van der Waals surface area contributed by atoms with Crippen molar-refractivity contribution in [2.45, 2.75) is 6.42 Å². The van der Waals surface area contributed by atoms with E-state index in [1.165, 1.54) is 18.2 Å². The maximum Gasteiger partial charge on any atom is 0.228 e. The Labute approximate surface area is 114 Å².